The van der Waals surface area contributed by atoms with Crippen molar-refractivity contribution in [2.75, 3.05) is 6.61 Å². The monoisotopic (exact) mass is 204 g/mol. The molecule has 0 aromatic rings. The molecule has 4 atom stereocenters. The standard InChI is InChI=1S/C8H14BFO4/c1-7(2)12-4-5(13-7)8(10,3-11)14-6(4)9/h4-6,11H,3,9H2,1-2H3/t4?,5?,6-,8-/m1/s1. The van der Waals surface area contributed by atoms with Gasteiger partial charge < -0.3 is 19.3 Å². The lowest BCUT2D eigenvalue weighted by atomic mass is 9.93. The van der Waals surface area contributed by atoms with Crippen LogP contribution in [-0.2, 0) is 14.2 Å². The summed E-state index contributed by atoms with van der Waals surface area (Å²) in [5, 5.41) is 8.92. The second kappa shape index (κ2) is 2.91. The first-order valence-corrected chi connectivity index (χ1v) is 4.71. The topological polar surface area (TPSA) is 47.9 Å². The summed E-state index contributed by atoms with van der Waals surface area (Å²) in [4.78, 5) is 0. The number of aliphatic hydroxyl groups is 1. The third kappa shape index (κ3) is 1.37. The van der Waals surface area contributed by atoms with Gasteiger partial charge in [0.2, 0.25) is 0 Å². The molecule has 2 unspecified atom stereocenters. The zero-order valence-corrected chi connectivity index (χ0v) is 8.49. The maximum Gasteiger partial charge on any atom is 0.261 e. The van der Waals surface area contributed by atoms with Gasteiger partial charge in [-0.25, -0.2) is 4.39 Å². The number of hydrogen-bond donors (Lipinski definition) is 1. The van der Waals surface area contributed by atoms with Gasteiger partial charge in [0, 0.05) is 0 Å². The fraction of sp³-hybridized carbons (Fsp3) is 1.00. The molecule has 2 rings (SSSR count). The van der Waals surface area contributed by atoms with Crippen molar-refractivity contribution in [2.24, 2.45) is 0 Å². The molecule has 0 aliphatic carbocycles. The average Bonchev–Trinajstić information content (AvgIpc) is 2.50. The lowest BCUT2D eigenvalue weighted by Gasteiger charge is -2.26. The molecule has 0 aromatic carbocycles. The van der Waals surface area contributed by atoms with E-state index in [1.165, 1.54) is 0 Å². The highest BCUT2D eigenvalue weighted by Gasteiger charge is 2.62. The average molecular weight is 204 g/mol. The number of hydrogen-bond acceptors (Lipinski definition) is 4. The number of ether oxygens (including phenoxy) is 3. The van der Waals surface area contributed by atoms with Crippen LogP contribution in [0.5, 0.6) is 0 Å². The molecule has 6 heteroatoms. The highest BCUT2D eigenvalue weighted by molar-refractivity contribution is 6.11. The molecule has 2 fully saturated rings. The third-order valence-corrected chi connectivity index (χ3v) is 2.61. The lowest BCUT2D eigenvalue weighted by Crippen LogP contribution is -2.42. The zero-order valence-electron chi connectivity index (χ0n) is 8.49. The molecule has 0 radical (unpaired) electrons. The van der Waals surface area contributed by atoms with Crippen LogP contribution in [0.15, 0.2) is 0 Å². The largest absolute Gasteiger partial charge is 0.390 e. The molecule has 2 aliphatic rings. The lowest BCUT2D eigenvalue weighted by molar-refractivity contribution is -0.244. The first-order chi connectivity index (χ1) is 6.38. The van der Waals surface area contributed by atoms with Crippen molar-refractivity contribution in [1.29, 1.82) is 0 Å². The van der Waals surface area contributed by atoms with Gasteiger partial charge in [-0.15, -0.1) is 0 Å². The molecule has 14 heavy (non-hydrogen) atoms. The number of aliphatic hydroxyl groups excluding tert-OH is 1. The Hall–Kier alpha value is -0.165. The van der Waals surface area contributed by atoms with Crippen molar-refractivity contribution < 1.29 is 23.7 Å². The fourth-order valence-corrected chi connectivity index (χ4v) is 2.04. The molecular formula is C8H14BFO4. The van der Waals surface area contributed by atoms with Crippen molar-refractivity contribution in [1.82, 2.24) is 0 Å². The summed E-state index contributed by atoms with van der Waals surface area (Å²) in [6.45, 7) is 2.73. The molecular weight excluding hydrogens is 190 g/mol. The Kier molecular flexibility index (Phi) is 2.16. The Balaban J connectivity index is 2.23. The number of halogens is 1. The van der Waals surface area contributed by atoms with E-state index in [1.807, 2.05) is 0 Å². The van der Waals surface area contributed by atoms with Crippen LogP contribution in [0.25, 0.3) is 0 Å². The summed E-state index contributed by atoms with van der Waals surface area (Å²) in [6.07, 6.45) is -1.28. The van der Waals surface area contributed by atoms with Crippen LogP contribution in [0.3, 0.4) is 0 Å². The van der Waals surface area contributed by atoms with E-state index in [4.69, 9.17) is 19.3 Å². The van der Waals surface area contributed by atoms with Crippen LogP contribution in [-0.4, -0.2) is 49.4 Å². The van der Waals surface area contributed by atoms with Gasteiger partial charge >= 0.3 is 0 Å². The smallest absolute Gasteiger partial charge is 0.261 e. The van der Waals surface area contributed by atoms with E-state index in [1.54, 1.807) is 21.7 Å². The van der Waals surface area contributed by atoms with Crippen LogP contribution in [0.1, 0.15) is 13.8 Å². The second-order valence-corrected chi connectivity index (χ2v) is 4.29. The molecule has 0 bridgehead atoms. The molecule has 0 amide bonds. The molecule has 0 aromatic heterocycles. The minimum Gasteiger partial charge on any atom is -0.390 e. The quantitative estimate of drug-likeness (QED) is 0.565. The Morgan fingerprint density at radius 1 is 1.36 bits per heavy atom. The Morgan fingerprint density at radius 3 is 2.57 bits per heavy atom. The van der Waals surface area contributed by atoms with Crippen LogP contribution in [0.4, 0.5) is 4.39 Å². The summed E-state index contributed by atoms with van der Waals surface area (Å²) < 4.78 is 29.8. The van der Waals surface area contributed by atoms with E-state index in [9.17, 15) is 4.39 Å². The Morgan fingerprint density at radius 2 is 2.00 bits per heavy atom. The zero-order chi connectivity index (χ0) is 10.6. The molecule has 4 nitrogen and oxygen atoms in total. The van der Waals surface area contributed by atoms with E-state index in [0.717, 1.165) is 0 Å². The van der Waals surface area contributed by atoms with Gasteiger partial charge in [-0.1, -0.05) is 0 Å². The van der Waals surface area contributed by atoms with Crippen molar-refractivity contribution >= 4 is 7.85 Å². The van der Waals surface area contributed by atoms with Gasteiger partial charge in [-0.2, -0.15) is 0 Å². The maximum absolute atomic E-state index is 13.9. The molecule has 2 heterocycles. The van der Waals surface area contributed by atoms with Gasteiger partial charge in [0.05, 0.1) is 6.00 Å². The summed E-state index contributed by atoms with van der Waals surface area (Å²) in [5.41, 5.74) is 0. The maximum atomic E-state index is 13.9. The molecule has 0 spiro atoms. The van der Waals surface area contributed by atoms with E-state index in [0.29, 0.717) is 0 Å². The summed E-state index contributed by atoms with van der Waals surface area (Å²) in [6, 6.07) is -0.404. The van der Waals surface area contributed by atoms with Crippen molar-refractivity contribution in [2.45, 2.75) is 43.7 Å². The van der Waals surface area contributed by atoms with Gasteiger partial charge in [0.1, 0.15) is 26.7 Å². The van der Waals surface area contributed by atoms with Crippen molar-refractivity contribution in [3.8, 4) is 0 Å². The van der Waals surface area contributed by atoms with Crippen LogP contribution >= 0.6 is 0 Å². The molecule has 1 N–H and O–H groups in total. The SMILES string of the molecule is B[C@@H]1O[C@](F)(CO)C2OC(C)(C)OC21. The Bertz CT molecular complexity index is 249. The first kappa shape index (κ1) is 10.4. The van der Waals surface area contributed by atoms with E-state index in [2.05, 4.69) is 0 Å². The fourth-order valence-electron chi connectivity index (χ4n) is 2.04. The number of fused-ring (bicyclic) bond motifs is 1. The van der Waals surface area contributed by atoms with Gasteiger partial charge in [0.25, 0.3) is 5.85 Å². The normalized spacial score (nSPS) is 50.7. The van der Waals surface area contributed by atoms with Gasteiger partial charge in [-0.3, -0.25) is 0 Å². The van der Waals surface area contributed by atoms with E-state index in [-0.39, 0.29) is 0 Å². The van der Waals surface area contributed by atoms with Crippen LogP contribution in [0, 0.1) is 0 Å². The van der Waals surface area contributed by atoms with E-state index >= 15 is 0 Å². The molecule has 2 saturated heterocycles. The highest BCUT2D eigenvalue weighted by Crippen LogP contribution is 2.43. The van der Waals surface area contributed by atoms with Gasteiger partial charge in [-0.05, 0) is 13.8 Å². The van der Waals surface area contributed by atoms with Crippen LogP contribution in [0.2, 0.25) is 0 Å². The predicted molar refractivity (Wildman–Crippen MR) is 48.2 cm³/mol. The van der Waals surface area contributed by atoms with Crippen molar-refractivity contribution in [3.63, 3.8) is 0 Å². The van der Waals surface area contributed by atoms with Gasteiger partial charge in [0.15, 0.2) is 5.79 Å². The molecule has 2 aliphatic heterocycles. The summed E-state index contributed by atoms with van der Waals surface area (Å²) in [5.74, 6) is -2.93. The van der Waals surface area contributed by atoms with E-state index < -0.39 is 36.5 Å². The first-order valence-electron chi connectivity index (χ1n) is 4.71. The van der Waals surface area contributed by atoms with Crippen molar-refractivity contribution in [3.05, 3.63) is 0 Å². The summed E-state index contributed by atoms with van der Waals surface area (Å²) >= 11 is 0. The third-order valence-electron chi connectivity index (χ3n) is 2.61. The number of rotatable bonds is 1. The highest BCUT2D eigenvalue weighted by atomic mass is 19.2. The van der Waals surface area contributed by atoms with Crippen LogP contribution < -0.4 is 0 Å². The minimum atomic E-state index is -2.13. The predicted octanol–water partition coefficient (Wildman–Crippen LogP) is -0.846. The molecule has 80 valence electrons. The number of alkyl halides is 1. The summed E-state index contributed by atoms with van der Waals surface area (Å²) in [7, 11) is 1.71. The minimum absolute atomic E-state index is 0.404. The second-order valence-electron chi connectivity index (χ2n) is 4.29. The molecule has 0 saturated carbocycles. The Labute approximate surface area is 82.7 Å².